The largest absolute Gasteiger partial charge is 0.480 e. The zero-order chi connectivity index (χ0) is 27.4. The monoisotopic (exact) mass is 640 g/mol. The summed E-state index contributed by atoms with van der Waals surface area (Å²) in [7, 11) is -4.34. The van der Waals surface area contributed by atoms with E-state index >= 15 is 0 Å². The van der Waals surface area contributed by atoms with Crippen LogP contribution in [0.3, 0.4) is 0 Å². The van der Waals surface area contributed by atoms with E-state index in [0.29, 0.717) is 28.6 Å². The quantitative estimate of drug-likeness (QED) is 0.395. The van der Waals surface area contributed by atoms with Gasteiger partial charge in [-0.15, -0.1) is 0 Å². The molecule has 1 fully saturated rings. The van der Waals surface area contributed by atoms with E-state index in [-0.39, 0.29) is 30.4 Å². The maximum absolute atomic E-state index is 14.1. The topological polar surface area (TPSA) is 113 Å². The fourth-order valence-corrected chi connectivity index (χ4v) is 7.79. The molecule has 3 aromatic rings. The number of nitrogens with zero attached hydrogens (tertiary/aromatic N) is 4. The first-order valence-corrected chi connectivity index (χ1v) is 14.8. The van der Waals surface area contributed by atoms with Crippen LogP contribution in [0.5, 0.6) is 0 Å². The molecule has 5 rings (SSSR count). The molecule has 2 aliphatic heterocycles. The van der Waals surface area contributed by atoms with Crippen molar-refractivity contribution in [1.29, 1.82) is 0 Å². The second-order valence-corrected chi connectivity index (χ2v) is 13.2. The van der Waals surface area contributed by atoms with E-state index < -0.39 is 33.5 Å². The van der Waals surface area contributed by atoms with Gasteiger partial charge in [0.1, 0.15) is 11.6 Å². The van der Waals surface area contributed by atoms with Crippen LogP contribution in [0.25, 0.3) is 0 Å². The van der Waals surface area contributed by atoms with Crippen molar-refractivity contribution in [3.63, 3.8) is 0 Å². The van der Waals surface area contributed by atoms with Crippen molar-refractivity contribution in [3.05, 3.63) is 68.7 Å². The van der Waals surface area contributed by atoms with Crippen molar-refractivity contribution in [2.75, 3.05) is 11.4 Å². The Kier molecular flexibility index (Phi) is 7.10. The van der Waals surface area contributed by atoms with E-state index in [1.807, 2.05) is 24.3 Å². The molecule has 1 aromatic heterocycles. The number of benzene rings is 2. The third-order valence-electron chi connectivity index (χ3n) is 6.95. The number of rotatable bonds is 6. The standard InChI is InChI=1S/C25H23BrCl2N4O5S/c1-25(13-15-5-7-16(26)8-6-15)23(35)31(19-11-17(27)10-18(28)12-19)24-29-14-21(32(24)25)38(36,37)30-9-3-2-4-20(30)22(33)34/h5-8,10-12,14,20H,2-4,9,13H2,1H3,(H,33,34). The molecule has 0 radical (unpaired) electrons. The summed E-state index contributed by atoms with van der Waals surface area (Å²) in [4.78, 5) is 31.8. The van der Waals surface area contributed by atoms with Crippen LogP contribution in [0.4, 0.5) is 11.6 Å². The number of anilines is 2. The third kappa shape index (κ3) is 4.54. The number of sulfonamides is 1. The van der Waals surface area contributed by atoms with Crippen LogP contribution in [0, 0.1) is 0 Å². The maximum Gasteiger partial charge on any atom is 0.322 e. The van der Waals surface area contributed by atoms with Gasteiger partial charge >= 0.3 is 5.97 Å². The maximum atomic E-state index is 14.1. The highest BCUT2D eigenvalue weighted by Gasteiger charge is 2.53. The lowest BCUT2D eigenvalue weighted by atomic mass is 9.92. The molecular weight excluding hydrogens is 619 g/mol. The summed E-state index contributed by atoms with van der Waals surface area (Å²) in [6.07, 6.45) is 2.68. The summed E-state index contributed by atoms with van der Waals surface area (Å²) < 4.78 is 31.2. The predicted octanol–water partition coefficient (Wildman–Crippen LogP) is 5.22. The number of hydrogen-bond acceptors (Lipinski definition) is 5. The fourth-order valence-electron chi connectivity index (χ4n) is 5.17. The molecule has 38 heavy (non-hydrogen) atoms. The van der Waals surface area contributed by atoms with Gasteiger partial charge in [-0.05, 0) is 62.1 Å². The summed E-state index contributed by atoms with van der Waals surface area (Å²) >= 11 is 15.9. The minimum atomic E-state index is -4.34. The van der Waals surface area contributed by atoms with E-state index in [4.69, 9.17) is 23.2 Å². The highest BCUT2D eigenvalue weighted by Crippen LogP contribution is 2.45. The van der Waals surface area contributed by atoms with Crippen LogP contribution >= 0.6 is 39.1 Å². The predicted molar refractivity (Wildman–Crippen MR) is 146 cm³/mol. The molecule has 200 valence electrons. The van der Waals surface area contributed by atoms with E-state index in [9.17, 15) is 23.1 Å². The van der Waals surface area contributed by atoms with Gasteiger partial charge in [0.15, 0.2) is 5.03 Å². The number of aromatic nitrogens is 2. The van der Waals surface area contributed by atoms with Gasteiger partial charge in [-0.1, -0.05) is 51.3 Å². The van der Waals surface area contributed by atoms with E-state index in [1.54, 1.807) is 19.1 Å². The number of piperidine rings is 1. The zero-order valence-corrected chi connectivity index (χ0v) is 24.1. The smallest absolute Gasteiger partial charge is 0.322 e. The minimum absolute atomic E-state index is 0.0603. The van der Waals surface area contributed by atoms with Crippen molar-refractivity contribution >= 4 is 72.7 Å². The lowest BCUT2D eigenvalue weighted by Crippen LogP contribution is -2.49. The molecule has 1 amide bonds. The molecule has 1 saturated heterocycles. The summed E-state index contributed by atoms with van der Waals surface area (Å²) in [6, 6.07) is 10.8. The van der Waals surface area contributed by atoms with Gasteiger partial charge in [-0.2, -0.15) is 4.31 Å². The number of amides is 1. The lowest BCUT2D eigenvalue weighted by molar-refractivity contribution is -0.142. The SMILES string of the molecule is CC1(Cc2ccc(Br)cc2)C(=O)N(c2cc(Cl)cc(Cl)c2)c2ncc(S(=O)(=O)N3CCCCC3C(=O)O)n21. The zero-order valence-electron chi connectivity index (χ0n) is 20.1. The Labute approximate surface area is 238 Å². The van der Waals surface area contributed by atoms with E-state index in [0.717, 1.165) is 14.3 Å². The molecule has 13 heteroatoms. The number of imidazole rings is 1. The normalized spacial score (nSPS) is 22.1. The van der Waals surface area contributed by atoms with Crippen LogP contribution in [0.1, 0.15) is 31.7 Å². The molecule has 0 saturated carbocycles. The number of hydrogen-bond donors (Lipinski definition) is 1. The van der Waals surface area contributed by atoms with Gasteiger partial charge in [-0.3, -0.25) is 14.2 Å². The number of carboxylic acids is 1. The number of fused-ring (bicyclic) bond motifs is 1. The van der Waals surface area contributed by atoms with Crippen LogP contribution in [-0.4, -0.2) is 51.8 Å². The third-order valence-corrected chi connectivity index (χ3v) is 9.78. The van der Waals surface area contributed by atoms with Gasteiger partial charge < -0.3 is 5.11 Å². The van der Waals surface area contributed by atoms with Gasteiger partial charge in [0.2, 0.25) is 5.95 Å². The number of aliphatic carboxylic acids is 1. The Hall–Kier alpha value is -2.44. The Balaban J connectivity index is 1.70. The highest BCUT2D eigenvalue weighted by atomic mass is 79.9. The first kappa shape index (κ1) is 27.1. The van der Waals surface area contributed by atoms with Gasteiger partial charge in [0.05, 0.1) is 11.9 Å². The average molecular weight is 642 g/mol. The average Bonchev–Trinajstić information content (AvgIpc) is 3.38. The van der Waals surface area contributed by atoms with Crippen molar-refractivity contribution in [1.82, 2.24) is 13.9 Å². The van der Waals surface area contributed by atoms with Crippen LogP contribution in [0.15, 0.2) is 58.2 Å². The molecule has 3 heterocycles. The number of carbonyl (C=O) groups is 2. The molecule has 0 bridgehead atoms. The van der Waals surface area contributed by atoms with E-state index in [1.165, 1.54) is 21.7 Å². The van der Waals surface area contributed by atoms with Crippen molar-refractivity contribution < 1.29 is 23.1 Å². The number of halogens is 3. The Morgan fingerprint density at radius 3 is 2.45 bits per heavy atom. The van der Waals surface area contributed by atoms with Crippen LogP contribution in [0.2, 0.25) is 10.0 Å². The molecule has 2 aliphatic rings. The number of carboxylic acid groups (broad SMARTS) is 1. The Morgan fingerprint density at radius 2 is 1.82 bits per heavy atom. The Bertz CT molecular complexity index is 1530. The molecular formula is C25H23BrCl2N4O5S. The highest BCUT2D eigenvalue weighted by molar-refractivity contribution is 9.10. The fraction of sp³-hybridized carbons (Fsp3) is 0.320. The van der Waals surface area contributed by atoms with Gasteiger partial charge in [0.25, 0.3) is 15.9 Å². The van der Waals surface area contributed by atoms with Crippen LogP contribution < -0.4 is 4.90 Å². The second-order valence-electron chi connectivity index (χ2n) is 9.54. The summed E-state index contributed by atoms with van der Waals surface area (Å²) in [6.45, 7) is 1.71. The van der Waals surface area contributed by atoms with Crippen molar-refractivity contribution in [3.8, 4) is 0 Å². The van der Waals surface area contributed by atoms with E-state index in [2.05, 4.69) is 20.9 Å². The summed E-state index contributed by atoms with van der Waals surface area (Å²) in [5, 5.41) is 10.1. The van der Waals surface area contributed by atoms with Crippen molar-refractivity contribution in [2.45, 2.75) is 49.2 Å². The second kappa shape index (κ2) is 9.95. The molecule has 2 unspecified atom stereocenters. The van der Waals surface area contributed by atoms with Crippen LogP contribution in [-0.2, 0) is 31.6 Å². The Morgan fingerprint density at radius 1 is 1.16 bits per heavy atom. The lowest BCUT2D eigenvalue weighted by Gasteiger charge is -2.33. The van der Waals surface area contributed by atoms with Crippen molar-refractivity contribution in [2.24, 2.45) is 0 Å². The molecule has 0 spiro atoms. The minimum Gasteiger partial charge on any atom is -0.480 e. The van der Waals surface area contributed by atoms with Gasteiger partial charge in [-0.25, -0.2) is 18.3 Å². The van der Waals surface area contributed by atoms with Gasteiger partial charge in [0, 0.05) is 27.5 Å². The molecule has 1 N–H and O–H groups in total. The molecule has 0 aliphatic carbocycles. The first-order valence-electron chi connectivity index (χ1n) is 11.8. The molecule has 9 nitrogen and oxygen atoms in total. The summed E-state index contributed by atoms with van der Waals surface area (Å²) in [5.74, 6) is -1.56. The summed E-state index contributed by atoms with van der Waals surface area (Å²) in [5.41, 5.74) is -0.283. The first-order chi connectivity index (χ1) is 17.9. The molecule has 2 aromatic carbocycles. The number of carbonyl (C=O) groups excluding carboxylic acids is 1. The molecule has 2 atom stereocenters.